The molecule has 0 aromatic heterocycles. The number of methoxy groups -OCH3 is 1. The van der Waals surface area contributed by atoms with Crippen LogP contribution in [0.5, 0.6) is 11.5 Å². The number of esters is 2. The van der Waals surface area contributed by atoms with E-state index in [-0.39, 0.29) is 12.4 Å². The lowest BCUT2D eigenvalue weighted by molar-refractivity contribution is -0.136. The molecular weight excluding hydrogens is 344 g/mol. The Hall–Kier alpha value is -3.60. The average Bonchev–Trinajstić information content (AvgIpc) is 2.73. The standard InChI is InChI=1S/C22H18O5/c1-25-22(24)18-8-5-9-20(14-18)27-21(23)15-26-19-12-10-17(11-13-19)16-6-3-2-4-7-16/h2-14H,15H2,1H3. The van der Waals surface area contributed by atoms with E-state index >= 15 is 0 Å². The molecule has 0 heterocycles. The molecule has 0 unspecified atom stereocenters. The fraction of sp³-hybridized carbons (Fsp3) is 0.0909. The quantitative estimate of drug-likeness (QED) is 0.487. The molecule has 0 saturated heterocycles. The van der Waals surface area contributed by atoms with Gasteiger partial charge in [0.1, 0.15) is 11.5 Å². The number of hydrogen-bond acceptors (Lipinski definition) is 5. The van der Waals surface area contributed by atoms with E-state index in [1.807, 2.05) is 42.5 Å². The Balaban J connectivity index is 1.56. The summed E-state index contributed by atoms with van der Waals surface area (Å²) in [5.41, 5.74) is 2.47. The van der Waals surface area contributed by atoms with Gasteiger partial charge in [-0.25, -0.2) is 9.59 Å². The van der Waals surface area contributed by atoms with Crippen LogP contribution in [0.25, 0.3) is 11.1 Å². The number of rotatable bonds is 6. The first kappa shape index (κ1) is 18.2. The van der Waals surface area contributed by atoms with E-state index in [0.717, 1.165) is 11.1 Å². The predicted octanol–water partition coefficient (Wildman–Crippen LogP) is 4.12. The molecule has 3 aromatic rings. The van der Waals surface area contributed by atoms with Crippen molar-refractivity contribution in [1.82, 2.24) is 0 Å². The van der Waals surface area contributed by atoms with Crippen molar-refractivity contribution in [3.05, 3.63) is 84.4 Å². The molecule has 0 aliphatic rings. The van der Waals surface area contributed by atoms with Crippen molar-refractivity contribution in [1.29, 1.82) is 0 Å². The Morgan fingerprint density at radius 1 is 0.778 bits per heavy atom. The lowest BCUT2D eigenvalue weighted by Gasteiger charge is -2.08. The maximum atomic E-state index is 12.0. The molecule has 0 atom stereocenters. The van der Waals surface area contributed by atoms with Crippen LogP contribution in [0.15, 0.2) is 78.9 Å². The molecule has 136 valence electrons. The molecule has 0 N–H and O–H groups in total. The topological polar surface area (TPSA) is 61.8 Å². The van der Waals surface area contributed by atoms with E-state index < -0.39 is 11.9 Å². The molecule has 0 spiro atoms. The van der Waals surface area contributed by atoms with Gasteiger partial charge in [-0.2, -0.15) is 0 Å². The summed E-state index contributed by atoms with van der Waals surface area (Å²) >= 11 is 0. The second-order valence-corrected chi connectivity index (χ2v) is 5.67. The van der Waals surface area contributed by atoms with Gasteiger partial charge in [0.15, 0.2) is 6.61 Å². The van der Waals surface area contributed by atoms with E-state index in [1.54, 1.807) is 30.3 Å². The Morgan fingerprint density at radius 3 is 2.19 bits per heavy atom. The first-order valence-corrected chi connectivity index (χ1v) is 8.33. The fourth-order valence-corrected chi connectivity index (χ4v) is 2.48. The van der Waals surface area contributed by atoms with Crippen molar-refractivity contribution in [2.45, 2.75) is 0 Å². The number of carbonyl (C=O) groups excluding carboxylic acids is 2. The van der Waals surface area contributed by atoms with Gasteiger partial charge in [0.25, 0.3) is 0 Å². The highest BCUT2D eigenvalue weighted by molar-refractivity contribution is 5.90. The maximum Gasteiger partial charge on any atom is 0.349 e. The number of benzene rings is 3. The Bertz CT molecular complexity index is 917. The van der Waals surface area contributed by atoms with Gasteiger partial charge in [0.2, 0.25) is 0 Å². The molecule has 3 rings (SSSR count). The minimum Gasteiger partial charge on any atom is -0.482 e. The molecule has 0 aliphatic heterocycles. The first-order chi connectivity index (χ1) is 13.2. The van der Waals surface area contributed by atoms with Crippen LogP contribution < -0.4 is 9.47 Å². The molecular formula is C22H18O5. The molecule has 27 heavy (non-hydrogen) atoms. The summed E-state index contributed by atoms with van der Waals surface area (Å²) in [5, 5.41) is 0. The van der Waals surface area contributed by atoms with E-state index in [9.17, 15) is 9.59 Å². The molecule has 3 aromatic carbocycles. The monoisotopic (exact) mass is 362 g/mol. The van der Waals surface area contributed by atoms with Gasteiger partial charge < -0.3 is 14.2 Å². The molecule has 0 aliphatic carbocycles. The summed E-state index contributed by atoms with van der Waals surface area (Å²) in [6, 6.07) is 23.6. The summed E-state index contributed by atoms with van der Waals surface area (Å²) < 4.78 is 15.3. The Morgan fingerprint density at radius 2 is 1.48 bits per heavy atom. The van der Waals surface area contributed by atoms with Gasteiger partial charge in [-0.3, -0.25) is 0 Å². The second-order valence-electron chi connectivity index (χ2n) is 5.67. The van der Waals surface area contributed by atoms with Gasteiger partial charge >= 0.3 is 11.9 Å². The summed E-state index contributed by atoms with van der Waals surface area (Å²) in [6.07, 6.45) is 0. The first-order valence-electron chi connectivity index (χ1n) is 8.33. The highest BCUT2D eigenvalue weighted by Gasteiger charge is 2.10. The van der Waals surface area contributed by atoms with Crippen molar-refractivity contribution >= 4 is 11.9 Å². The zero-order valence-electron chi connectivity index (χ0n) is 14.8. The van der Waals surface area contributed by atoms with Crippen molar-refractivity contribution in [2.75, 3.05) is 13.7 Å². The molecule has 0 saturated carbocycles. The van der Waals surface area contributed by atoms with Crippen LogP contribution in [0.3, 0.4) is 0 Å². The minimum absolute atomic E-state index is 0.243. The van der Waals surface area contributed by atoms with Gasteiger partial charge in [-0.1, -0.05) is 48.5 Å². The molecule has 0 bridgehead atoms. The summed E-state index contributed by atoms with van der Waals surface area (Å²) in [7, 11) is 1.29. The zero-order chi connectivity index (χ0) is 19.1. The number of ether oxygens (including phenoxy) is 3. The van der Waals surface area contributed by atoms with Gasteiger partial charge in [0.05, 0.1) is 12.7 Å². The molecule has 0 amide bonds. The van der Waals surface area contributed by atoms with Crippen molar-refractivity contribution in [3.63, 3.8) is 0 Å². The van der Waals surface area contributed by atoms with Crippen LogP contribution in [-0.2, 0) is 9.53 Å². The van der Waals surface area contributed by atoms with Gasteiger partial charge in [0, 0.05) is 0 Å². The summed E-state index contributed by atoms with van der Waals surface area (Å²) in [4.78, 5) is 23.5. The lowest BCUT2D eigenvalue weighted by Crippen LogP contribution is -2.17. The highest BCUT2D eigenvalue weighted by Crippen LogP contribution is 2.22. The van der Waals surface area contributed by atoms with Crippen molar-refractivity contribution in [2.24, 2.45) is 0 Å². The van der Waals surface area contributed by atoms with Crippen molar-refractivity contribution in [3.8, 4) is 22.6 Å². The highest BCUT2D eigenvalue weighted by atomic mass is 16.6. The van der Waals surface area contributed by atoms with Crippen LogP contribution in [0, 0.1) is 0 Å². The summed E-state index contributed by atoms with van der Waals surface area (Å²) in [6.45, 7) is -0.243. The predicted molar refractivity (Wildman–Crippen MR) is 101 cm³/mol. The summed E-state index contributed by atoms with van der Waals surface area (Å²) in [5.74, 6) is -0.243. The molecule has 0 fully saturated rings. The number of hydrogen-bond donors (Lipinski definition) is 0. The zero-order valence-corrected chi connectivity index (χ0v) is 14.8. The maximum absolute atomic E-state index is 12.0. The average molecular weight is 362 g/mol. The SMILES string of the molecule is COC(=O)c1cccc(OC(=O)COc2ccc(-c3ccccc3)cc2)c1. The molecule has 5 nitrogen and oxygen atoms in total. The second kappa shape index (κ2) is 8.67. The van der Waals surface area contributed by atoms with Crippen LogP contribution in [0.2, 0.25) is 0 Å². The third-order valence-electron chi connectivity index (χ3n) is 3.80. The van der Waals surface area contributed by atoms with E-state index in [4.69, 9.17) is 9.47 Å². The van der Waals surface area contributed by atoms with Crippen LogP contribution in [0.4, 0.5) is 0 Å². The third kappa shape index (κ3) is 4.95. The number of carbonyl (C=O) groups is 2. The largest absolute Gasteiger partial charge is 0.482 e. The van der Waals surface area contributed by atoms with Crippen LogP contribution >= 0.6 is 0 Å². The smallest absolute Gasteiger partial charge is 0.349 e. The molecule has 5 heteroatoms. The fourth-order valence-electron chi connectivity index (χ4n) is 2.48. The Kier molecular flexibility index (Phi) is 5.84. The van der Waals surface area contributed by atoms with E-state index in [0.29, 0.717) is 11.3 Å². The Labute approximate surface area is 157 Å². The van der Waals surface area contributed by atoms with Crippen LogP contribution in [-0.4, -0.2) is 25.7 Å². The van der Waals surface area contributed by atoms with E-state index in [2.05, 4.69) is 4.74 Å². The van der Waals surface area contributed by atoms with Crippen LogP contribution in [0.1, 0.15) is 10.4 Å². The van der Waals surface area contributed by atoms with E-state index in [1.165, 1.54) is 13.2 Å². The molecule has 0 radical (unpaired) electrons. The minimum atomic E-state index is -0.566. The lowest BCUT2D eigenvalue weighted by atomic mass is 10.1. The third-order valence-corrected chi connectivity index (χ3v) is 3.80. The van der Waals surface area contributed by atoms with Crippen molar-refractivity contribution < 1.29 is 23.8 Å². The normalized spacial score (nSPS) is 10.1. The van der Waals surface area contributed by atoms with Gasteiger partial charge in [-0.05, 0) is 41.5 Å². The van der Waals surface area contributed by atoms with Gasteiger partial charge in [-0.15, -0.1) is 0 Å².